The summed E-state index contributed by atoms with van der Waals surface area (Å²) in [6.45, 7) is 4.47. The molecule has 0 aliphatic heterocycles. The second kappa shape index (κ2) is 11.1. The molecule has 0 aromatic heterocycles. The minimum atomic E-state index is -0.537. The van der Waals surface area contributed by atoms with E-state index in [1.807, 2.05) is 24.3 Å². The number of esters is 1. The van der Waals surface area contributed by atoms with Crippen molar-refractivity contribution in [2.45, 2.75) is 32.1 Å². The summed E-state index contributed by atoms with van der Waals surface area (Å²) in [6.07, 6.45) is 10.7. The van der Waals surface area contributed by atoms with Gasteiger partial charge in [-0.25, -0.2) is 4.79 Å². The van der Waals surface area contributed by atoms with E-state index in [2.05, 4.69) is 11.9 Å². The predicted octanol–water partition coefficient (Wildman–Crippen LogP) is 3.50. The monoisotopic (exact) mass is 357 g/mol. The summed E-state index contributed by atoms with van der Waals surface area (Å²) in [5.41, 5.74) is 0.842. The lowest BCUT2D eigenvalue weighted by atomic mass is 9.89. The summed E-state index contributed by atoms with van der Waals surface area (Å²) in [6, 6.07) is 7.29. The molecule has 1 saturated carbocycles. The minimum absolute atomic E-state index is 0.246. The Morgan fingerprint density at radius 2 is 1.88 bits per heavy atom. The second-order valence-corrected chi connectivity index (χ2v) is 6.42. The van der Waals surface area contributed by atoms with Crippen LogP contribution in [0.25, 0.3) is 6.08 Å². The highest BCUT2D eigenvalue weighted by molar-refractivity contribution is 5.89. The van der Waals surface area contributed by atoms with Gasteiger partial charge in [0.1, 0.15) is 12.4 Å². The van der Waals surface area contributed by atoms with E-state index in [-0.39, 0.29) is 12.5 Å². The first-order valence-corrected chi connectivity index (χ1v) is 9.12. The molecular formula is C21H27NO4. The van der Waals surface area contributed by atoms with Gasteiger partial charge in [0.15, 0.2) is 6.61 Å². The number of carbonyl (C=O) groups excluding carboxylic acids is 2. The number of amides is 1. The molecule has 1 aliphatic carbocycles. The molecule has 1 N–H and O–H groups in total. The van der Waals surface area contributed by atoms with Crippen molar-refractivity contribution in [3.05, 3.63) is 48.6 Å². The fourth-order valence-corrected chi connectivity index (χ4v) is 2.88. The van der Waals surface area contributed by atoms with E-state index in [0.717, 1.165) is 11.3 Å². The zero-order valence-electron chi connectivity index (χ0n) is 15.1. The normalized spacial score (nSPS) is 14.8. The van der Waals surface area contributed by atoms with Crippen LogP contribution in [0.4, 0.5) is 0 Å². The summed E-state index contributed by atoms with van der Waals surface area (Å²) >= 11 is 0. The van der Waals surface area contributed by atoms with Gasteiger partial charge < -0.3 is 14.8 Å². The van der Waals surface area contributed by atoms with Crippen molar-refractivity contribution in [1.82, 2.24) is 5.32 Å². The molecule has 1 aromatic carbocycles. The maximum absolute atomic E-state index is 11.8. The molecule has 0 atom stereocenters. The van der Waals surface area contributed by atoms with Crippen molar-refractivity contribution >= 4 is 18.0 Å². The summed E-state index contributed by atoms with van der Waals surface area (Å²) < 4.78 is 10.4. The van der Waals surface area contributed by atoms with Crippen LogP contribution in [0.3, 0.4) is 0 Å². The topological polar surface area (TPSA) is 64.6 Å². The number of hydrogen-bond donors (Lipinski definition) is 1. The van der Waals surface area contributed by atoms with E-state index in [9.17, 15) is 9.59 Å². The van der Waals surface area contributed by atoms with Gasteiger partial charge in [-0.2, -0.15) is 0 Å². The van der Waals surface area contributed by atoms with E-state index in [0.29, 0.717) is 19.1 Å². The maximum atomic E-state index is 11.8. The third-order valence-electron chi connectivity index (χ3n) is 4.32. The van der Waals surface area contributed by atoms with Crippen LogP contribution in [0, 0.1) is 5.92 Å². The van der Waals surface area contributed by atoms with E-state index in [4.69, 9.17) is 9.47 Å². The average Bonchev–Trinajstić information content (AvgIpc) is 2.69. The lowest BCUT2D eigenvalue weighted by molar-refractivity contribution is -0.143. The van der Waals surface area contributed by atoms with Gasteiger partial charge in [-0.05, 0) is 42.5 Å². The first kappa shape index (κ1) is 19.8. The largest absolute Gasteiger partial charge is 0.490 e. The van der Waals surface area contributed by atoms with Crippen molar-refractivity contribution in [1.29, 1.82) is 0 Å². The first-order valence-electron chi connectivity index (χ1n) is 9.12. The number of rotatable bonds is 9. The quantitative estimate of drug-likeness (QED) is 0.417. The Balaban J connectivity index is 1.66. The van der Waals surface area contributed by atoms with Gasteiger partial charge in [0.2, 0.25) is 0 Å². The molecule has 0 bridgehead atoms. The molecule has 5 nitrogen and oxygen atoms in total. The highest BCUT2D eigenvalue weighted by Gasteiger charge is 2.14. The Hall–Kier alpha value is -2.56. The Morgan fingerprint density at radius 3 is 2.58 bits per heavy atom. The lowest BCUT2D eigenvalue weighted by Crippen LogP contribution is -2.33. The maximum Gasteiger partial charge on any atom is 0.331 e. The van der Waals surface area contributed by atoms with Crippen molar-refractivity contribution < 1.29 is 19.1 Å². The molecule has 5 heteroatoms. The predicted molar refractivity (Wildman–Crippen MR) is 102 cm³/mol. The third-order valence-corrected chi connectivity index (χ3v) is 4.32. The highest BCUT2D eigenvalue weighted by atomic mass is 16.5. The highest BCUT2D eigenvalue weighted by Crippen LogP contribution is 2.22. The van der Waals surface area contributed by atoms with Gasteiger partial charge in [-0.1, -0.05) is 44.1 Å². The van der Waals surface area contributed by atoms with Crippen molar-refractivity contribution in [3.8, 4) is 5.75 Å². The smallest absolute Gasteiger partial charge is 0.331 e. The zero-order valence-corrected chi connectivity index (χ0v) is 15.1. The van der Waals surface area contributed by atoms with Crippen molar-refractivity contribution in [2.24, 2.45) is 5.92 Å². The van der Waals surface area contributed by atoms with Crippen LogP contribution in [-0.2, 0) is 14.3 Å². The summed E-state index contributed by atoms with van der Waals surface area (Å²) in [5, 5.41) is 2.84. The molecule has 1 amide bonds. The second-order valence-electron chi connectivity index (χ2n) is 6.42. The Bertz CT molecular complexity index is 615. The van der Waals surface area contributed by atoms with Crippen LogP contribution in [0.2, 0.25) is 0 Å². The number of carbonyl (C=O) groups is 2. The number of benzene rings is 1. The molecule has 1 aromatic rings. The fraction of sp³-hybridized carbons (Fsp3) is 0.429. The third kappa shape index (κ3) is 7.55. The standard InChI is InChI=1S/C21H27NO4/c1-2-14-25-19-11-8-17(9-12-19)10-13-21(24)26-16-20(23)22-15-18-6-4-3-5-7-18/h2,8-13,18H,1,3-7,14-16H2,(H,22,23)/b13-10+. The number of nitrogens with one attached hydrogen (secondary N) is 1. The van der Waals surface area contributed by atoms with Crippen LogP contribution < -0.4 is 10.1 Å². The van der Waals surface area contributed by atoms with E-state index >= 15 is 0 Å². The minimum Gasteiger partial charge on any atom is -0.490 e. The number of ether oxygens (including phenoxy) is 2. The van der Waals surface area contributed by atoms with E-state index in [1.54, 1.807) is 12.2 Å². The Labute approximate surface area is 155 Å². The van der Waals surface area contributed by atoms with Crippen LogP contribution in [0.15, 0.2) is 43.0 Å². The summed E-state index contributed by atoms with van der Waals surface area (Å²) in [7, 11) is 0. The summed E-state index contributed by atoms with van der Waals surface area (Å²) in [5.74, 6) is 0.506. The number of hydrogen-bond acceptors (Lipinski definition) is 4. The molecule has 0 saturated heterocycles. The first-order chi connectivity index (χ1) is 12.7. The van der Waals surface area contributed by atoms with Crippen LogP contribution in [-0.4, -0.2) is 31.6 Å². The SMILES string of the molecule is C=CCOc1ccc(/C=C/C(=O)OCC(=O)NCC2CCCCC2)cc1. The van der Waals surface area contributed by atoms with Crippen LogP contribution in [0.1, 0.15) is 37.7 Å². The molecule has 2 rings (SSSR count). The van der Waals surface area contributed by atoms with E-state index in [1.165, 1.54) is 38.2 Å². The van der Waals surface area contributed by atoms with Crippen LogP contribution >= 0.6 is 0 Å². The zero-order chi connectivity index (χ0) is 18.6. The fourth-order valence-electron chi connectivity index (χ4n) is 2.88. The molecule has 0 spiro atoms. The molecule has 1 fully saturated rings. The molecule has 0 radical (unpaired) electrons. The van der Waals surface area contributed by atoms with Gasteiger partial charge in [0.05, 0.1) is 0 Å². The molecular weight excluding hydrogens is 330 g/mol. The molecule has 26 heavy (non-hydrogen) atoms. The summed E-state index contributed by atoms with van der Waals surface area (Å²) in [4.78, 5) is 23.5. The average molecular weight is 357 g/mol. The molecule has 140 valence electrons. The molecule has 0 unspecified atom stereocenters. The Morgan fingerprint density at radius 1 is 1.15 bits per heavy atom. The van der Waals surface area contributed by atoms with Gasteiger partial charge in [-0.15, -0.1) is 0 Å². The van der Waals surface area contributed by atoms with Crippen molar-refractivity contribution in [3.63, 3.8) is 0 Å². The van der Waals surface area contributed by atoms with Crippen LogP contribution in [0.5, 0.6) is 5.75 Å². The lowest BCUT2D eigenvalue weighted by Gasteiger charge is -2.21. The van der Waals surface area contributed by atoms with Gasteiger partial charge in [-0.3, -0.25) is 4.79 Å². The molecule has 0 heterocycles. The van der Waals surface area contributed by atoms with Gasteiger partial charge >= 0.3 is 5.97 Å². The van der Waals surface area contributed by atoms with E-state index < -0.39 is 5.97 Å². The van der Waals surface area contributed by atoms with Crippen molar-refractivity contribution in [2.75, 3.05) is 19.8 Å². The van der Waals surface area contributed by atoms with Gasteiger partial charge in [0.25, 0.3) is 5.91 Å². The molecule has 1 aliphatic rings. The van der Waals surface area contributed by atoms with Gasteiger partial charge in [0, 0.05) is 12.6 Å². The Kier molecular flexibility index (Phi) is 8.46.